The summed E-state index contributed by atoms with van der Waals surface area (Å²) in [7, 11) is 0. The molecular formula is C19H36IN3O2. The number of hydrogen-bond acceptors (Lipinski definition) is 3. The molecule has 1 atom stereocenters. The molecule has 0 aromatic heterocycles. The molecule has 25 heavy (non-hydrogen) atoms. The van der Waals surface area contributed by atoms with Crippen molar-refractivity contribution in [2.24, 2.45) is 10.9 Å². The Kier molecular flexibility index (Phi) is 9.84. The van der Waals surface area contributed by atoms with Gasteiger partial charge < -0.3 is 19.7 Å². The Morgan fingerprint density at radius 3 is 2.64 bits per heavy atom. The third-order valence-corrected chi connectivity index (χ3v) is 5.35. The lowest BCUT2D eigenvalue weighted by atomic mass is 10.1. The van der Waals surface area contributed by atoms with Gasteiger partial charge in [-0.15, -0.1) is 24.0 Å². The lowest BCUT2D eigenvalue weighted by molar-refractivity contribution is -0.0367. The maximum Gasteiger partial charge on any atom is 0.193 e. The predicted octanol–water partition coefficient (Wildman–Crippen LogP) is 3.42. The van der Waals surface area contributed by atoms with Crippen LogP contribution in [-0.2, 0) is 9.47 Å². The van der Waals surface area contributed by atoms with Gasteiger partial charge in [0.05, 0.1) is 18.8 Å². The van der Waals surface area contributed by atoms with Gasteiger partial charge >= 0.3 is 0 Å². The minimum absolute atomic E-state index is 0. The van der Waals surface area contributed by atoms with Gasteiger partial charge in [0.1, 0.15) is 0 Å². The van der Waals surface area contributed by atoms with Crippen molar-refractivity contribution >= 4 is 29.9 Å². The van der Waals surface area contributed by atoms with Crippen LogP contribution in [-0.4, -0.2) is 62.5 Å². The van der Waals surface area contributed by atoms with Crippen molar-refractivity contribution in [3.05, 3.63) is 0 Å². The molecule has 1 saturated carbocycles. The fraction of sp³-hybridized carbons (Fsp3) is 0.947. The molecule has 3 fully saturated rings. The quantitative estimate of drug-likeness (QED) is 0.258. The number of nitrogens with one attached hydrogen (secondary N) is 1. The van der Waals surface area contributed by atoms with Crippen molar-refractivity contribution < 1.29 is 9.47 Å². The van der Waals surface area contributed by atoms with E-state index < -0.39 is 0 Å². The molecule has 3 rings (SSSR count). The molecule has 3 aliphatic rings. The molecule has 0 bridgehead atoms. The summed E-state index contributed by atoms with van der Waals surface area (Å²) in [6.45, 7) is 7.84. The number of likely N-dealkylation sites (tertiary alicyclic amines) is 1. The van der Waals surface area contributed by atoms with Crippen LogP contribution < -0.4 is 5.32 Å². The number of piperidine rings is 1. The Labute approximate surface area is 170 Å². The highest BCUT2D eigenvalue weighted by molar-refractivity contribution is 14.0. The van der Waals surface area contributed by atoms with Gasteiger partial charge in [-0.3, -0.25) is 4.99 Å². The van der Waals surface area contributed by atoms with E-state index in [4.69, 9.17) is 14.5 Å². The smallest absolute Gasteiger partial charge is 0.193 e. The van der Waals surface area contributed by atoms with E-state index in [2.05, 4.69) is 17.1 Å². The molecule has 0 spiro atoms. The second-order valence-electron chi connectivity index (χ2n) is 7.48. The summed E-state index contributed by atoms with van der Waals surface area (Å²) in [6.07, 6.45) is 10.8. The first kappa shape index (κ1) is 21.2. The van der Waals surface area contributed by atoms with Crippen LogP contribution in [0.2, 0.25) is 0 Å². The van der Waals surface area contributed by atoms with E-state index in [0.717, 1.165) is 70.5 Å². The average Bonchev–Trinajstić information content (AvgIpc) is 3.29. The Hall–Kier alpha value is -0.0800. The zero-order valence-corrected chi connectivity index (χ0v) is 18.1. The van der Waals surface area contributed by atoms with Gasteiger partial charge in [-0.05, 0) is 51.4 Å². The number of nitrogens with zero attached hydrogens (tertiary/aromatic N) is 2. The molecule has 0 radical (unpaired) electrons. The van der Waals surface area contributed by atoms with E-state index in [1.54, 1.807) is 0 Å². The molecule has 0 aromatic rings. The van der Waals surface area contributed by atoms with Crippen LogP contribution in [0.25, 0.3) is 0 Å². The summed E-state index contributed by atoms with van der Waals surface area (Å²) in [4.78, 5) is 7.25. The molecule has 1 N–H and O–H groups in total. The topological polar surface area (TPSA) is 46.1 Å². The van der Waals surface area contributed by atoms with E-state index in [9.17, 15) is 0 Å². The zero-order valence-electron chi connectivity index (χ0n) is 15.8. The van der Waals surface area contributed by atoms with Crippen LogP contribution >= 0.6 is 24.0 Å². The number of hydrogen-bond donors (Lipinski definition) is 1. The van der Waals surface area contributed by atoms with Gasteiger partial charge in [0.25, 0.3) is 0 Å². The first-order valence-electron chi connectivity index (χ1n) is 10.1. The zero-order chi connectivity index (χ0) is 16.6. The highest BCUT2D eigenvalue weighted by Gasteiger charge is 2.24. The van der Waals surface area contributed by atoms with Crippen LogP contribution in [0.1, 0.15) is 58.3 Å². The van der Waals surface area contributed by atoms with Crippen molar-refractivity contribution in [1.82, 2.24) is 10.2 Å². The maximum absolute atomic E-state index is 6.07. The minimum Gasteiger partial charge on any atom is -0.376 e. The summed E-state index contributed by atoms with van der Waals surface area (Å²) >= 11 is 0. The summed E-state index contributed by atoms with van der Waals surface area (Å²) in [5, 5.41) is 3.46. The normalized spacial score (nSPS) is 25.1. The molecular weight excluding hydrogens is 429 g/mol. The van der Waals surface area contributed by atoms with Crippen LogP contribution in [0.4, 0.5) is 0 Å². The molecule has 2 heterocycles. The molecule has 1 unspecified atom stereocenters. The van der Waals surface area contributed by atoms with Gasteiger partial charge in [0.2, 0.25) is 0 Å². The third kappa shape index (κ3) is 7.59. The Bertz CT molecular complexity index is 390. The predicted molar refractivity (Wildman–Crippen MR) is 113 cm³/mol. The Morgan fingerprint density at radius 2 is 2.00 bits per heavy atom. The number of halogens is 1. The van der Waals surface area contributed by atoms with Gasteiger partial charge in [-0.25, -0.2) is 0 Å². The van der Waals surface area contributed by atoms with E-state index in [0.29, 0.717) is 12.2 Å². The minimum atomic E-state index is 0. The molecule has 5 nitrogen and oxygen atoms in total. The van der Waals surface area contributed by atoms with Crippen molar-refractivity contribution in [3.63, 3.8) is 0 Å². The first-order valence-corrected chi connectivity index (χ1v) is 10.1. The SMILES string of the molecule is CCNC(=NCCCC1CC1)N1CCC(OCC2CCCO2)CC1.I. The molecule has 2 aliphatic heterocycles. The van der Waals surface area contributed by atoms with E-state index in [-0.39, 0.29) is 24.0 Å². The first-order chi connectivity index (χ1) is 11.8. The van der Waals surface area contributed by atoms with Crippen LogP contribution in [0.5, 0.6) is 0 Å². The summed E-state index contributed by atoms with van der Waals surface area (Å²) in [6, 6.07) is 0. The van der Waals surface area contributed by atoms with E-state index in [1.165, 1.54) is 32.1 Å². The standard InChI is InChI=1S/C19H35N3O2.HI/c1-2-20-19(21-11-3-5-16-7-8-16)22-12-9-17(10-13-22)24-15-18-6-4-14-23-18;/h16-18H,2-15H2,1H3,(H,20,21);1H. The van der Waals surface area contributed by atoms with E-state index >= 15 is 0 Å². The van der Waals surface area contributed by atoms with Crippen molar-refractivity contribution in [1.29, 1.82) is 0 Å². The number of guanidine groups is 1. The summed E-state index contributed by atoms with van der Waals surface area (Å²) in [5.74, 6) is 2.12. The Morgan fingerprint density at radius 1 is 1.20 bits per heavy atom. The molecule has 6 heteroatoms. The highest BCUT2D eigenvalue weighted by atomic mass is 127. The number of rotatable bonds is 8. The van der Waals surface area contributed by atoms with Gasteiger partial charge in [-0.1, -0.05) is 12.8 Å². The van der Waals surface area contributed by atoms with Crippen molar-refractivity contribution in [2.45, 2.75) is 70.5 Å². The molecule has 2 saturated heterocycles. The molecule has 1 aliphatic carbocycles. The van der Waals surface area contributed by atoms with Gasteiger partial charge in [0.15, 0.2) is 5.96 Å². The Balaban J connectivity index is 0.00000225. The van der Waals surface area contributed by atoms with E-state index in [1.807, 2.05) is 0 Å². The largest absolute Gasteiger partial charge is 0.376 e. The second kappa shape index (κ2) is 11.6. The van der Waals surface area contributed by atoms with Crippen LogP contribution in [0.3, 0.4) is 0 Å². The second-order valence-corrected chi connectivity index (χ2v) is 7.48. The van der Waals surface area contributed by atoms with Crippen LogP contribution in [0, 0.1) is 5.92 Å². The van der Waals surface area contributed by atoms with Gasteiger partial charge in [-0.2, -0.15) is 0 Å². The van der Waals surface area contributed by atoms with Crippen molar-refractivity contribution in [2.75, 3.05) is 39.4 Å². The molecule has 146 valence electrons. The monoisotopic (exact) mass is 465 g/mol. The van der Waals surface area contributed by atoms with Crippen molar-refractivity contribution in [3.8, 4) is 0 Å². The molecule has 0 aromatic carbocycles. The fourth-order valence-corrected chi connectivity index (χ4v) is 3.65. The van der Waals surface area contributed by atoms with Crippen LogP contribution in [0.15, 0.2) is 4.99 Å². The number of aliphatic imine (C=N–C) groups is 1. The maximum atomic E-state index is 6.07. The lowest BCUT2D eigenvalue weighted by Gasteiger charge is -2.34. The lowest BCUT2D eigenvalue weighted by Crippen LogP contribution is -2.47. The average molecular weight is 465 g/mol. The summed E-state index contributed by atoms with van der Waals surface area (Å²) < 4.78 is 11.7. The highest BCUT2D eigenvalue weighted by Crippen LogP contribution is 2.33. The molecule has 0 amide bonds. The third-order valence-electron chi connectivity index (χ3n) is 5.35. The summed E-state index contributed by atoms with van der Waals surface area (Å²) in [5.41, 5.74) is 0. The fourth-order valence-electron chi connectivity index (χ4n) is 3.65. The number of ether oxygens (including phenoxy) is 2. The van der Waals surface area contributed by atoms with Gasteiger partial charge in [0, 0.05) is 32.8 Å².